The maximum absolute atomic E-state index is 13.5. The lowest BCUT2D eigenvalue weighted by molar-refractivity contribution is -0.119. The molecule has 1 aliphatic rings. The van der Waals surface area contributed by atoms with Crippen LogP contribution in [0.4, 0.5) is 20.2 Å². The number of nitrogens with two attached hydrogens (primary N) is 1. The topological polar surface area (TPSA) is 64.3 Å². The van der Waals surface area contributed by atoms with Crippen molar-refractivity contribution in [2.45, 2.75) is 31.8 Å². The summed E-state index contributed by atoms with van der Waals surface area (Å²) in [5, 5.41) is 2.37. The first-order valence-electron chi connectivity index (χ1n) is 6.22. The molecule has 6 heteroatoms. The summed E-state index contributed by atoms with van der Waals surface area (Å²) in [5.41, 5.74) is 5.17. The molecule has 1 fully saturated rings. The third-order valence-corrected chi connectivity index (χ3v) is 3.04. The van der Waals surface area contributed by atoms with Gasteiger partial charge in [-0.05, 0) is 25.3 Å². The summed E-state index contributed by atoms with van der Waals surface area (Å²) in [6, 6.07) is 1.65. The highest BCUT2D eigenvalue weighted by Gasteiger charge is 2.19. The van der Waals surface area contributed by atoms with Gasteiger partial charge >= 0.3 is 0 Å². The summed E-state index contributed by atoms with van der Waals surface area (Å²) >= 11 is 0. The van der Waals surface area contributed by atoms with Gasteiger partial charge in [-0.1, -0.05) is 0 Å². The molecule has 1 aliphatic heterocycles. The Balaban J connectivity index is 1.98. The minimum absolute atomic E-state index is 0.129. The molecule has 1 unspecified atom stereocenters. The van der Waals surface area contributed by atoms with Crippen molar-refractivity contribution in [3.8, 4) is 0 Å². The maximum atomic E-state index is 13.5. The summed E-state index contributed by atoms with van der Waals surface area (Å²) < 4.78 is 31.8. The number of halogens is 2. The van der Waals surface area contributed by atoms with Crippen LogP contribution in [0.25, 0.3) is 0 Å². The molecule has 0 bridgehead atoms. The molecule has 2 rings (SSSR count). The van der Waals surface area contributed by atoms with Gasteiger partial charge in [-0.3, -0.25) is 4.79 Å². The second-order valence-corrected chi connectivity index (χ2v) is 4.59. The van der Waals surface area contributed by atoms with E-state index in [0.29, 0.717) is 12.7 Å². The minimum Gasteiger partial charge on any atom is -0.397 e. The second kappa shape index (κ2) is 5.97. The molecule has 3 N–H and O–H groups in total. The molecular formula is C13H16F2N2O2. The molecule has 19 heavy (non-hydrogen) atoms. The van der Waals surface area contributed by atoms with Crippen LogP contribution in [0, 0.1) is 11.6 Å². The zero-order valence-corrected chi connectivity index (χ0v) is 10.4. The molecule has 0 aromatic heterocycles. The maximum Gasteiger partial charge on any atom is 0.227 e. The molecule has 1 atom stereocenters. The van der Waals surface area contributed by atoms with Crippen molar-refractivity contribution in [2.24, 2.45) is 0 Å². The first-order chi connectivity index (χ1) is 9.06. The summed E-state index contributed by atoms with van der Waals surface area (Å²) in [6.45, 7) is 0.644. The second-order valence-electron chi connectivity index (χ2n) is 4.59. The van der Waals surface area contributed by atoms with Crippen molar-refractivity contribution in [3.63, 3.8) is 0 Å². The van der Waals surface area contributed by atoms with Crippen LogP contribution in [0.15, 0.2) is 12.1 Å². The van der Waals surface area contributed by atoms with E-state index in [4.69, 9.17) is 10.5 Å². The van der Waals surface area contributed by atoms with Crippen molar-refractivity contribution in [2.75, 3.05) is 17.7 Å². The molecule has 0 saturated carbocycles. The summed E-state index contributed by atoms with van der Waals surface area (Å²) in [5.74, 6) is -2.04. The molecule has 104 valence electrons. The minimum atomic E-state index is -0.879. The molecular weight excluding hydrogens is 254 g/mol. The number of hydrogen-bond acceptors (Lipinski definition) is 3. The zero-order valence-electron chi connectivity index (χ0n) is 10.4. The standard InChI is InChI=1S/C13H16F2N2O2/c14-8-5-10(15)13(11(16)6-8)17-12(18)7-9-3-1-2-4-19-9/h5-6,9H,1-4,7,16H2,(H,17,18). The van der Waals surface area contributed by atoms with Crippen molar-refractivity contribution >= 4 is 17.3 Å². The number of nitrogen functional groups attached to an aromatic ring is 1. The lowest BCUT2D eigenvalue weighted by Crippen LogP contribution is -2.26. The number of carbonyl (C=O) groups is 1. The number of hydrogen-bond donors (Lipinski definition) is 2. The van der Waals surface area contributed by atoms with Gasteiger partial charge in [0.2, 0.25) is 5.91 Å². The Morgan fingerprint density at radius 2 is 2.21 bits per heavy atom. The molecule has 1 heterocycles. The largest absolute Gasteiger partial charge is 0.397 e. The van der Waals surface area contributed by atoms with E-state index in [0.717, 1.165) is 25.3 Å². The van der Waals surface area contributed by atoms with Gasteiger partial charge in [0.1, 0.15) is 11.5 Å². The van der Waals surface area contributed by atoms with Gasteiger partial charge < -0.3 is 15.8 Å². The van der Waals surface area contributed by atoms with Gasteiger partial charge in [-0.25, -0.2) is 8.78 Å². The molecule has 1 aromatic carbocycles. The Morgan fingerprint density at radius 3 is 2.84 bits per heavy atom. The van der Waals surface area contributed by atoms with Crippen LogP contribution in [0.5, 0.6) is 0 Å². The van der Waals surface area contributed by atoms with Crippen LogP contribution >= 0.6 is 0 Å². The quantitative estimate of drug-likeness (QED) is 0.829. The van der Waals surface area contributed by atoms with Crippen molar-refractivity contribution < 1.29 is 18.3 Å². The Labute approximate surface area is 109 Å². The molecule has 0 aliphatic carbocycles. The van der Waals surface area contributed by atoms with E-state index >= 15 is 0 Å². The van der Waals surface area contributed by atoms with Gasteiger partial charge in [-0.15, -0.1) is 0 Å². The number of amides is 1. The normalized spacial score (nSPS) is 19.2. The lowest BCUT2D eigenvalue weighted by atomic mass is 10.1. The zero-order chi connectivity index (χ0) is 13.8. The molecule has 1 amide bonds. The number of carbonyl (C=O) groups excluding carboxylic acids is 1. The van der Waals surface area contributed by atoms with Crippen LogP contribution in [-0.2, 0) is 9.53 Å². The van der Waals surface area contributed by atoms with Gasteiger partial charge in [0.25, 0.3) is 0 Å². The van der Waals surface area contributed by atoms with Crippen LogP contribution < -0.4 is 11.1 Å². The first-order valence-corrected chi connectivity index (χ1v) is 6.22. The fourth-order valence-electron chi connectivity index (χ4n) is 2.09. The lowest BCUT2D eigenvalue weighted by Gasteiger charge is -2.22. The Morgan fingerprint density at radius 1 is 1.42 bits per heavy atom. The number of anilines is 2. The van der Waals surface area contributed by atoms with E-state index in [-0.39, 0.29) is 29.8 Å². The highest BCUT2D eigenvalue weighted by Crippen LogP contribution is 2.24. The van der Waals surface area contributed by atoms with Gasteiger partial charge in [0, 0.05) is 12.7 Å². The number of nitrogens with one attached hydrogen (secondary N) is 1. The molecule has 4 nitrogen and oxygen atoms in total. The van der Waals surface area contributed by atoms with Gasteiger partial charge in [-0.2, -0.15) is 0 Å². The third-order valence-electron chi connectivity index (χ3n) is 3.04. The van der Waals surface area contributed by atoms with E-state index in [1.165, 1.54) is 0 Å². The third kappa shape index (κ3) is 3.64. The van der Waals surface area contributed by atoms with E-state index in [1.807, 2.05) is 0 Å². The predicted octanol–water partition coefficient (Wildman–Crippen LogP) is 2.44. The highest BCUT2D eigenvalue weighted by molar-refractivity contribution is 5.94. The molecule has 0 radical (unpaired) electrons. The highest BCUT2D eigenvalue weighted by atomic mass is 19.1. The summed E-state index contributed by atoms with van der Waals surface area (Å²) in [6.07, 6.45) is 2.84. The van der Waals surface area contributed by atoms with E-state index in [9.17, 15) is 13.6 Å². The van der Waals surface area contributed by atoms with Crippen molar-refractivity contribution in [3.05, 3.63) is 23.8 Å². The van der Waals surface area contributed by atoms with Crippen LogP contribution in [-0.4, -0.2) is 18.6 Å². The van der Waals surface area contributed by atoms with Crippen LogP contribution in [0.2, 0.25) is 0 Å². The Bertz CT molecular complexity index is 451. The fraction of sp³-hybridized carbons (Fsp3) is 0.462. The first kappa shape index (κ1) is 13.7. The number of ether oxygens (including phenoxy) is 1. The Hall–Kier alpha value is -1.69. The average molecular weight is 270 g/mol. The monoisotopic (exact) mass is 270 g/mol. The van der Waals surface area contributed by atoms with E-state index < -0.39 is 11.6 Å². The number of rotatable bonds is 3. The van der Waals surface area contributed by atoms with Crippen LogP contribution in [0.1, 0.15) is 25.7 Å². The van der Waals surface area contributed by atoms with Crippen molar-refractivity contribution in [1.29, 1.82) is 0 Å². The van der Waals surface area contributed by atoms with Crippen LogP contribution in [0.3, 0.4) is 0 Å². The summed E-state index contributed by atoms with van der Waals surface area (Å²) in [4.78, 5) is 11.8. The van der Waals surface area contributed by atoms with Crippen molar-refractivity contribution in [1.82, 2.24) is 0 Å². The SMILES string of the molecule is Nc1cc(F)cc(F)c1NC(=O)CC1CCCCO1. The van der Waals surface area contributed by atoms with E-state index in [2.05, 4.69) is 5.32 Å². The van der Waals surface area contributed by atoms with Gasteiger partial charge in [0.05, 0.1) is 18.2 Å². The fourth-order valence-corrected chi connectivity index (χ4v) is 2.09. The van der Waals surface area contributed by atoms with E-state index in [1.54, 1.807) is 0 Å². The Kier molecular flexibility index (Phi) is 4.31. The molecule has 1 aromatic rings. The predicted molar refractivity (Wildman–Crippen MR) is 67.6 cm³/mol. The van der Waals surface area contributed by atoms with Gasteiger partial charge in [0.15, 0.2) is 5.82 Å². The number of benzene rings is 1. The average Bonchev–Trinajstić information content (AvgIpc) is 2.35. The smallest absolute Gasteiger partial charge is 0.227 e. The molecule has 0 spiro atoms. The summed E-state index contributed by atoms with van der Waals surface area (Å²) in [7, 11) is 0. The molecule has 1 saturated heterocycles.